The molecule has 5 rings (SSSR count). The number of alkyl halides is 1. The van der Waals surface area contributed by atoms with Gasteiger partial charge in [0.2, 0.25) is 5.91 Å². The first-order chi connectivity index (χ1) is 15.0. The summed E-state index contributed by atoms with van der Waals surface area (Å²) in [5.41, 5.74) is 0.883. The van der Waals surface area contributed by atoms with E-state index in [-0.39, 0.29) is 11.9 Å². The minimum atomic E-state index is -1.05. The summed E-state index contributed by atoms with van der Waals surface area (Å²) < 4.78 is 17.4. The van der Waals surface area contributed by atoms with Crippen molar-refractivity contribution in [3.8, 4) is 0 Å². The van der Waals surface area contributed by atoms with Gasteiger partial charge in [-0.3, -0.25) is 15.0 Å². The topological polar surface area (TPSA) is 69.6 Å². The van der Waals surface area contributed by atoms with Gasteiger partial charge in [-0.2, -0.15) is 0 Å². The van der Waals surface area contributed by atoms with Gasteiger partial charge in [0.1, 0.15) is 5.67 Å². The second kappa shape index (κ2) is 8.24. The van der Waals surface area contributed by atoms with Gasteiger partial charge in [-0.25, -0.2) is 9.18 Å². The van der Waals surface area contributed by atoms with Crippen LogP contribution in [0.1, 0.15) is 38.1 Å². The third kappa shape index (κ3) is 4.06. The number of amides is 3. The number of hydrogen-bond donors (Lipinski definition) is 2. The van der Waals surface area contributed by atoms with Crippen LogP contribution in [0.2, 0.25) is 0 Å². The molecule has 0 bridgehead atoms. The highest BCUT2D eigenvalue weighted by molar-refractivity contribution is 6.09. The minimum absolute atomic E-state index is 0.225. The molecule has 2 aromatic rings. The molecule has 0 atom stereocenters. The molecule has 8 heteroatoms. The smallest absolute Gasteiger partial charge is 0.328 e. The monoisotopic (exact) mass is 427 g/mol. The average Bonchev–Trinajstić information content (AvgIpc) is 3.19. The first kappa shape index (κ1) is 20.5. The van der Waals surface area contributed by atoms with Crippen LogP contribution in [0.25, 0.3) is 10.9 Å². The van der Waals surface area contributed by atoms with Crippen LogP contribution in [0.3, 0.4) is 0 Å². The Labute approximate surface area is 181 Å². The number of imide groups is 1. The van der Waals surface area contributed by atoms with E-state index in [1.807, 2.05) is 12.1 Å². The lowest BCUT2D eigenvalue weighted by atomic mass is 9.92. The molecule has 0 spiro atoms. The van der Waals surface area contributed by atoms with Crippen LogP contribution in [0.15, 0.2) is 30.5 Å². The number of anilines is 1. The highest BCUT2D eigenvalue weighted by Gasteiger charge is 2.35. The van der Waals surface area contributed by atoms with E-state index in [1.54, 1.807) is 4.90 Å². The molecule has 0 aliphatic carbocycles. The number of likely N-dealkylation sites (tertiary alicyclic amines) is 1. The number of hydrogen-bond acceptors (Lipinski definition) is 4. The lowest BCUT2D eigenvalue weighted by Gasteiger charge is -2.39. The third-order valence-electron chi connectivity index (χ3n) is 7.04. The molecule has 166 valence electrons. The first-order valence-electron chi connectivity index (χ1n) is 11.4. The Morgan fingerprint density at radius 2 is 1.84 bits per heavy atom. The molecule has 3 saturated heterocycles. The summed E-state index contributed by atoms with van der Waals surface area (Å²) in [7, 11) is 0. The lowest BCUT2D eigenvalue weighted by Crippen LogP contribution is -2.49. The number of nitrogens with one attached hydrogen (secondary N) is 2. The van der Waals surface area contributed by atoms with E-state index in [0.29, 0.717) is 38.4 Å². The predicted molar refractivity (Wildman–Crippen MR) is 118 cm³/mol. The molecule has 3 fully saturated rings. The van der Waals surface area contributed by atoms with Crippen molar-refractivity contribution in [3.63, 3.8) is 0 Å². The Balaban J connectivity index is 1.29. The third-order valence-corrected chi connectivity index (χ3v) is 7.04. The molecule has 7 nitrogen and oxygen atoms in total. The van der Waals surface area contributed by atoms with Crippen LogP contribution in [0, 0.1) is 0 Å². The van der Waals surface area contributed by atoms with E-state index >= 15 is 4.39 Å². The standard InChI is InChI=1S/C23H30FN5O2/c24-23(8-10-25-11-9-23)16-27-12-4-17(5-13-27)28-14-6-18-19(28)2-1-3-20(18)29-15-7-21(30)26-22(29)31/h1-3,6,14,17,25H,4-5,7-13,15-16H2,(H,26,30,31). The SMILES string of the molecule is O=C1CCN(c2cccc3c2ccn3C2CCN(CC3(F)CCNCC3)CC2)C(=O)N1. The van der Waals surface area contributed by atoms with E-state index in [2.05, 4.69) is 38.4 Å². The van der Waals surface area contributed by atoms with Gasteiger partial charge in [0.15, 0.2) is 0 Å². The number of nitrogens with zero attached hydrogens (tertiary/aromatic N) is 3. The zero-order valence-electron chi connectivity index (χ0n) is 17.8. The fourth-order valence-electron chi connectivity index (χ4n) is 5.31. The molecule has 1 aromatic carbocycles. The van der Waals surface area contributed by atoms with Crippen LogP contribution in [0.5, 0.6) is 0 Å². The van der Waals surface area contributed by atoms with Crippen molar-refractivity contribution in [1.82, 2.24) is 20.1 Å². The number of halogens is 1. The maximum atomic E-state index is 15.1. The second-order valence-corrected chi connectivity index (χ2v) is 9.10. The van der Waals surface area contributed by atoms with Crippen LogP contribution in [-0.2, 0) is 4.79 Å². The molecule has 31 heavy (non-hydrogen) atoms. The second-order valence-electron chi connectivity index (χ2n) is 9.10. The van der Waals surface area contributed by atoms with Gasteiger partial charge < -0.3 is 14.8 Å². The van der Waals surface area contributed by atoms with Crippen molar-refractivity contribution in [2.24, 2.45) is 0 Å². The van der Waals surface area contributed by atoms with Crippen LogP contribution < -0.4 is 15.5 Å². The Morgan fingerprint density at radius 3 is 2.58 bits per heavy atom. The Kier molecular flexibility index (Phi) is 5.44. The Bertz CT molecular complexity index is 976. The number of aromatic nitrogens is 1. The summed E-state index contributed by atoms with van der Waals surface area (Å²) in [5, 5.41) is 6.67. The molecular weight excluding hydrogens is 397 g/mol. The molecule has 3 aliphatic rings. The Hall–Kier alpha value is -2.45. The number of urea groups is 1. The van der Waals surface area contributed by atoms with Crippen molar-refractivity contribution in [1.29, 1.82) is 0 Å². The summed E-state index contributed by atoms with van der Waals surface area (Å²) >= 11 is 0. The van der Waals surface area contributed by atoms with Crippen LogP contribution in [0.4, 0.5) is 14.9 Å². The number of fused-ring (bicyclic) bond motifs is 1. The maximum absolute atomic E-state index is 15.1. The van der Waals surface area contributed by atoms with Gasteiger partial charge in [0, 0.05) is 50.2 Å². The van der Waals surface area contributed by atoms with E-state index in [1.165, 1.54) is 0 Å². The first-order valence-corrected chi connectivity index (χ1v) is 11.4. The van der Waals surface area contributed by atoms with Gasteiger partial charge >= 0.3 is 6.03 Å². The number of carbonyl (C=O) groups is 2. The Morgan fingerprint density at radius 1 is 1.06 bits per heavy atom. The van der Waals surface area contributed by atoms with Crippen molar-refractivity contribution >= 4 is 28.5 Å². The van der Waals surface area contributed by atoms with Gasteiger partial charge in [-0.1, -0.05) is 6.07 Å². The summed E-state index contributed by atoms with van der Waals surface area (Å²) in [6.07, 6.45) is 5.60. The van der Waals surface area contributed by atoms with Crippen molar-refractivity contribution in [2.45, 2.75) is 43.8 Å². The van der Waals surface area contributed by atoms with Crippen molar-refractivity contribution in [3.05, 3.63) is 30.5 Å². The summed E-state index contributed by atoms with van der Waals surface area (Å²) in [6.45, 7) is 4.29. The number of rotatable bonds is 4. The molecule has 0 saturated carbocycles. The molecule has 0 unspecified atom stereocenters. The van der Waals surface area contributed by atoms with Gasteiger partial charge in [-0.05, 0) is 57.0 Å². The molecule has 1 aromatic heterocycles. The van der Waals surface area contributed by atoms with E-state index in [9.17, 15) is 9.59 Å². The van der Waals surface area contributed by atoms with E-state index < -0.39 is 5.67 Å². The molecule has 0 radical (unpaired) electrons. The maximum Gasteiger partial charge on any atom is 0.328 e. The van der Waals surface area contributed by atoms with Crippen LogP contribution in [-0.4, -0.2) is 66.3 Å². The molecule has 3 amide bonds. The zero-order valence-corrected chi connectivity index (χ0v) is 17.8. The van der Waals surface area contributed by atoms with Crippen molar-refractivity contribution in [2.75, 3.05) is 44.2 Å². The fraction of sp³-hybridized carbons (Fsp3) is 0.565. The largest absolute Gasteiger partial charge is 0.344 e. The predicted octanol–water partition coefficient (Wildman–Crippen LogP) is 2.82. The number of carbonyl (C=O) groups excluding carboxylic acids is 2. The van der Waals surface area contributed by atoms with Gasteiger partial charge in [0.25, 0.3) is 0 Å². The summed E-state index contributed by atoms with van der Waals surface area (Å²) in [4.78, 5) is 27.8. The minimum Gasteiger partial charge on any atom is -0.344 e. The highest BCUT2D eigenvalue weighted by atomic mass is 19.1. The zero-order chi connectivity index (χ0) is 21.4. The number of piperidine rings is 2. The average molecular weight is 428 g/mol. The molecular formula is C23H30FN5O2. The quantitative estimate of drug-likeness (QED) is 0.787. The molecule has 3 aliphatic heterocycles. The summed E-state index contributed by atoms with van der Waals surface area (Å²) in [5.74, 6) is -0.225. The number of benzene rings is 1. The van der Waals surface area contributed by atoms with Crippen molar-refractivity contribution < 1.29 is 14.0 Å². The summed E-state index contributed by atoms with van der Waals surface area (Å²) in [6, 6.07) is 8.06. The normalized spacial score (nSPS) is 23.3. The van der Waals surface area contributed by atoms with E-state index in [0.717, 1.165) is 55.6 Å². The van der Waals surface area contributed by atoms with Gasteiger partial charge in [0.05, 0.1) is 11.2 Å². The van der Waals surface area contributed by atoms with Gasteiger partial charge in [-0.15, -0.1) is 0 Å². The molecule has 2 N–H and O–H groups in total. The van der Waals surface area contributed by atoms with Crippen LogP contribution >= 0.6 is 0 Å². The van der Waals surface area contributed by atoms with E-state index in [4.69, 9.17) is 0 Å². The highest BCUT2D eigenvalue weighted by Crippen LogP contribution is 2.34. The molecule has 4 heterocycles. The fourth-order valence-corrected chi connectivity index (χ4v) is 5.31. The lowest BCUT2D eigenvalue weighted by molar-refractivity contribution is -0.120.